The molecule has 0 spiro atoms. The second-order valence-corrected chi connectivity index (χ2v) is 9.79. The van der Waals surface area contributed by atoms with Gasteiger partial charge in [0.1, 0.15) is 0 Å². The normalized spacial score (nSPS) is 25.3. The van der Waals surface area contributed by atoms with E-state index in [-0.39, 0.29) is 25.5 Å². The van der Waals surface area contributed by atoms with Crippen LogP contribution < -0.4 is 4.90 Å². The van der Waals surface area contributed by atoms with E-state index in [9.17, 15) is 14.2 Å². The summed E-state index contributed by atoms with van der Waals surface area (Å²) in [6, 6.07) is 18.1. The summed E-state index contributed by atoms with van der Waals surface area (Å²) in [6.45, 7) is 3.70. The molecule has 4 rings (SSSR count). The van der Waals surface area contributed by atoms with Gasteiger partial charge in [-0.15, -0.1) is 0 Å². The molecule has 2 aromatic rings. The third-order valence-electron chi connectivity index (χ3n) is 5.70. The minimum Gasteiger partial charge on any atom is -0.307 e. The van der Waals surface area contributed by atoms with Gasteiger partial charge in [0.05, 0.1) is 30.7 Å². The Morgan fingerprint density at radius 2 is 1.52 bits per heavy atom. The van der Waals surface area contributed by atoms with E-state index < -0.39 is 30.6 Å². The lowest BCUT2D eigenvalue weighted by atomic mass is 9.88. The number of carbonyl (C=O) groups excluding carboxylic acids is 2. The van der Waals surface area contributed by atoms with Gasteiger partial charge in [0, 0.05) is 12.6 Å². The average Bonchev–Trinajstić information content (AvgIpc) is 3.27. The largest absolute Gasteiger partial charge is 0.359 e. The summed E-state index contributed by atoms with van der Waals surface area (Å²) in [4.78, 5) is 32.6. The van der Waals surface area contributed by atoms with Crippen LogP contribution in [0, 0.1) is 11.8 Å². The van der Waals surface area contributed by atoms with E-state index in [1.165, 1.54) is 11.1 Å². The first-order valence-electron chi connectivity index (χ1n) is 10.4. The number of carbonyl (C=O) groups is 2. The molecule has 8 heteroatoms. The zero-order valence-electron chi connectivity index (χ0n) is 17.5. The van der Waals surface area contributed by atoms with Gasteiger partial charge >= 0.3 is 7.60 Å². The molecule has 0 unspecified atom stereocenters. The molecule has 0 bridgehead atoms. The number of anilines is 1. The zero-order valence-corrected chi connectivity index (χ0v) is 18.4. The molecule has 2 aromatic carbocycles. The quantitative estimate of drug-likeness (QED) is 0.456. The number of amides is 2. The number of nitrogens with zero attached hydrogens (tertiary/aromatic N) is 2. The van der Waals surface area contributed by atoms with Gasteiger partial charge in [-0.2, -0.15) is 0 Å². The average molecular weight is 440 g/mol. The van der Waals surface area contributed by atoms with Gasteiger partial charge in [-0.05, 0) is 31.5 Å². The number of hydrogen-bond donors (Lipinski definition) is 0. The van der Waals surface area contributed by atoms with Crippen molar-refractivity contribution < 1.29 is 23.2 Å². The highest BCUT2D eigenvalue weighted by Crippen LogP contribution is 2.68. The Kier molecular flexibility index (Phi) is 5.93. The van der Waals surface area contributed by atoms with Gasteiger partial charge in [0.15, 0.2) is 5.28 Å². The van der Waals surface area contributed by atoms with Crippen LogP contribution in [0.15, 0.2) is 65.7 Å². The van der Waals surface area contributed by atoms with Gasteiger partial charge in [-0.1, -0.05) is 48.5 Å². The van der Waals surface area contributed by atoms with E-state index in [1.807, 2.05) is 36.4 Å². The van der Waals surface area contributed by atoms with Gasteiger partial charge < -0.3 is 9.05 Å². The summed E-state index contributed by atoms with van der Waals surface area (Å²) >= 11 is 0. The maximum atomic E-state index is 14.1. The van der Waals surface area contributed by atoms with Crippen molar-refractivity contribution in [3.63, 3.8) is 0 Å². The standard InChI is InChI=1S/C23H25N2O5P/c1-3-29-31(28,30-4-2)23(15-17-11-7-5-8-12-17)20-19(16-24-23)21(26)25(22(20)27)18-13-9-6-10-14-18/h5-14,16,19-20H,3-4,15H2,1-2H3/t19-,20+,23-/m1/s1. The van der Waals surface area contributed by atoms with Crippen LogP contribution >= 0.6 is 7.60 Å². The third kappa shape index (κ3) is 3.47. The molecule has 31 heavy (non-hydrogen) atoms. The van der Waals surface area contributed by atoms with Crippen molar-refractivity contribution in [2.45, 2.75) is 25.5 Å². The summed E-state index contributed by atoms with van der Waals surface area (Å²) in [5.74, 6) is -2.59. The molecule has 7 nitrogen and oxygen atoms in total. The highest BCUT2D eigenvalue weighted by Gasteiger charge is 2.68. The molecule has 1 saturated heterocycles. The van der Waals surface area contributed by atoms with Crippen molar-refractivity contribution in [1.29, 1.82) is 0 Å². The molecule has 0 radical (unpaired) electrons. The van der Waals surface area contributed by atoms with Crippen molar-refractivity contribution in [2.75, 3.05) is 18.1 Å². The molecule has 2 aliphatic heterocycles. The van der Waals surface area contributed by atoms with E-state index in [4.69, 9.17) is 9.05 Å². The van der Waals surface area contributed by atoms with Crippen LogP contribution in [0.1, 0.15) is 19.4 Å². The molecule has 162 valence electrons. The van der Waals surface area contributed by atoms with E-state index in [2.05, 4.69) is 4.99 Å². The lowest BCUT2D eigenvalue weighted by Crippen LogP contribution is -2.43. The summed E-state index contributed by atoms with van der Waals surface area (Å²) < 4.78 is 25.5. The molecule has 2 aliphatic rings. The summed E-state index contributed by atoms with van der Waals surface area (Å²) in [5.41, 5.74) is 1.31. The lowest BCUT2D eigenvalue weighted by molar-refractivity contribution is -0.122. The third-order valence-corrected chi connectivity index (χ3v) is 8.40. The first-order chi connectivity index (χ1) is 15.0. The van der Waals surface area contributed by atoms with Crippen LogP contribution in [0.4, 0.5) is 5.69 Å². The van der Waals surface area contributed by atoms with E-state index in [0.717, 1.165) is 5.56 Å². The van der Waals surface area contributed by atoms with Crippen molar-refractivity contribution in [2.24, 2.45) is 16.8 Å². The van der Waals surface area contributed by atoms with Crippen LogP contribution in [0.25, 0.3) is 0 Å². The first kappa shape index (κ1) is 21.6. The number of aliphatic imine (C=N–C) groups is 1. The van der Waals surface area contributed by atoms with Crippen LogP contribution in [-0.4, -0.2) is 36.5 Å². The molecular weight excluding hydrogens is 415 g/mol. The molecule has 0 N–H and O–H groups in total. The van der Waals surface area contributed by atoms with Crippen molar-refractivity contribution >= 4 is 31.3 Å². The van der Waals surface area contributed by atoms with Gasteiger partial charge in [-0.3, -0.25) is 19.1 Å². The van der Waals surface area contributed by atoms with Crippen LogP contribution in [-0.2, 0) is 29.6 Å². The number of para-hydroxylation sites is 1. The Morgan fingerprint density at radius 3 is 2.10 bits per heavy atom. The number of hydrogen-bond acceptors (Lipinski definition) is 6. The predicted molar refractivity (Wildman–Crippen MR) is 118 cm³/mol. The van der Waals surface area contributed by atoms with E-state index in [0.29, 0.717) is 5.69 Å². The highest BCUT2D eigenvalue weighted by atomic mass is 31.2. The van der Waals surface area contributed by atoms with Gasteiger partial charge in [0.25, 0.3) is 0 Å². The predicted octanol–water partition coefficient (Wildman–Crippen LogP) is 4.08. The van der Waals surface area contributed by atoms with E-state index >= 15 is 0 Å². The minimum atomic E-state index is -3.91. The van der Waals surface area contributed by atoms with Crippen molar-refractivity contribution in [3.05, 3.63) is 66.2 Å². The molecule has 3 atom stereocenters. The summed E-state index contributed by atoms with van der Waals surface area (Å²) in [6.07, 6.45) is 1.62. The fraction of sp³-hybridized carbons (Fsp3) is 0.348. The number of rotatable bonds is 8. The Morgan fingerprint density at radius 1 is 0.935 bits per heavy atom. The van der Waals surface area contributed by atoms with Crippen LogP contribution in [0.5, 0.6) is 0 Å². The van der Waals surface area contributed by atoms with E-state index in [1.54, 1.807) is 38.1 Å². The Labute approximate surface area is 181 Å². The first-order valence-corrected chi connectivity index (χ1v) is 11.9. The molecule has 0 aromatic heterocycles. The summed E-state index contributed by atoms with van der Waals surface area (Å²) in [7, 11) is -3.91. The molecule has 1 fully saturated rings. The monoisotopic (exact) mass is 440 g/mol. The number of benzene rings is 2. The fourth-order valence-corrected chi connectivity index (χ4v) is 6.84. The van der Waals surface area contributed by atoms with Crippen molar-refractivity contribution in [3.8, 4) is 0 Å². The van der Waals surface area contributed by atoms with Crippen LogP contribution in [0.2, 0.25) is 0 Å². The maximum absolute atomic E-state index is 14.1. The second-order valence-electron chi connectivity index (χ2n) is 7.50. The maximum Gasteiger partial charge on any atom is 0.359 e. The smallest absolute Gasteiger partial charge is 0.307 e. The molecule has 0 aliphatic carbocycles. The highest BCUT2D eigenvalue weighted by molar-refractivity contribution is 7.55. The second kappa shape index (κ2) is 8.50. The number of fused-ring (bicyclic) bond motifs is 1. The molecule has 2 heterocycles. The van der Waals surface area contributed by atoms with Gasteiger partial charge in [0.2, 0.25) is 11.8 Å². The van der Waals surface area contributed by atoms with Crippen LogP contribution in [0.3, 0.4) is 0 Å². The van der Waals surface area contributed by atoms with Gasteiger partial charge in [-0.25, -0.2) is 4.90 Å². The molecule has 0 saturated carbocycles. The lowest BCUT2D eigenvalue weighted by Gasteiger charge is -2.37. The SMILES string of the molecule is CCOP(=O)(OCC)[C@@]1(Cc2ccccc2)N=C[C@H]2C(=O)N(c3ccccc3)C(=O)[C@H]21. The summed E-state index contributed by atoms with van der Waals surface area (Å²) in [5, 5.41) is -1.51. The molecule has 2 amide bonds. The van der Waals surface area contributed by atoms with Crippen molar-refractivity contribution in [1.82, 2.24) is 0 Å². The Balaban J connectivity index is 1.84. The molecular formula is C23H25N2O5P. The number of imide groups is 1. The minimum absolute atomic E-state index is 0.130. The Bertz CT molecular complexity index is 1030. The topological polar surface area (TPSA) is 85.3 Å². The zero-order chi connectivity index (χ0) is 22.1. The Hall–Kier alpha value is -2.60. The fourth-order valence-electron chi connectivity index (χ4n) is 4.44.